The minimum atomic E-state index is 0.138. The highest BCUT2D eigenvalue weighted by molar-refractivity contribution is 4.86. The van der Waals surface area contributed by atoms with E-state index in [0.29, 0.717) is 24.8 Å². The Labute approximate surface area is 74.1 Å². The van der Waals surface area contributed by atoms with Gasteiger partial charge in [0, 0.05) is 12.1 Å². The SMILES string of the molecule is CC(C)N[C@H]1C[C@@H](OCCO)C1. The van der Waals surface area contributed by atoms with Gasteiger partial charge in [-0.3, -0.25) is 0 Å². The van der Waals surface area contributed by atoms with Crippen molar-refractivity contribution >= 4 is 0 Å². The van der Waals surface area contributed by atoms with E-state index in [1.807, 2.05) is 0 Å². The molecule has 0 atom stereocenters. The molecule has 1 fully saturated rings. The molecule has 1 aliphatic carbocycles. The Balaban J connectivity index is 1.96. The van der Waals surface area contributed by atoms with Gasteiger partial charge in [0.2, 0.25) is 0 Å². The predicted molar refractivity (Wildman–Crippen MR) is 48.1 cm³/mol. The van der Waals surface area contributed by atoms with Crippen molar-refractivity contribution in [1.82, 2.24) is 5.32 Å². The normalized spacial score (nSPS) is 29.0. The summed E-state index contributed by atoms with van der Waals surface area (Å²) in [7, 11) is 0. The lowest BCUT2D eigenvalue weighted by atomic mass is 9.89. The number of rotatable bonds is 5. The molecule has 1 saturated carbocycles. The van der Waals surface area contributed by atoms with Crippen molar-refractivity contribution in [2.24, 2.45) is 0 Å². The Morgan fingerprint density at radius 3 is 2.67 bits per heavy atom. The number of aliphatic hydroxyl groups excluding tert-OH is 1. The molecule has 2 N–H and O–H groups in total. The summed E-state index contributed by atoms with van der Waals surface area (Å²) in [5, 5.41) is 11.9. The molecule has 12 heavy (non-hydrogen) atoms. The summed E-state index contributed by atoms with van der Waals surface area (Å²) in [6.45, 7) is 4.93. The number of nitrogens with one attached hydrogen (secondary N) is 1. The van der Waals surface area contributed by atoms with Gasteiger partial charge in [-0.1, -0.05) is 13.8 Å². The zero-order valence-corrected chi connectivity index (χ0v) is 7.92. The number of ether oxygens (including phenoxy) is 1. The largest absolute Gasteiger partial charge is 0.394 e. The molecule has 0 aromatic rings. The highest BCUT2D eigenvalue weighted by Gasteiger charge is 2.29. The van der Waals surface area contributed by atoms with Gasteiger partial charge < -0.3 is 15.2 Å². The van der Waals surface area contributed by atoms with Crippen LogP contribution in [0, 0.1) is 0 Å². The average Bonchev–Trinajstić information content (AvgIpc) is 1.93. The Morgan fingerprint density at radius 1 is 1.50 bits per heavy atom. The lowest BCUT2D eigenvalue weighted by Gasteiger charge is -2.36. The quantitative estimate of drug-likeness (QED) is 0.637. The van der Waals surface area contributed by atoms with E-state index in [-0.39, 0.29) is 6.61 Å². The highest BCUT2D eigenvalue weighted by atomic mass is 16.5. The van der Waals surface area contributed by atoms with Crippen LogP contribution in [0.1, 0.15) is 26.7 Å². The molecule has 0 amide bonds. The fourth-order valence-corrected chi connectivity index (χ4v) is 1.53. The van der Waals surface area contributed by atoms with Crippen LogP contribution in [0.4, 0.5) is 0 Å². The van der Waals surface area contributed by atoms with Gasteiger partial charge in [-0.25, -0.2) is 0 Å². The second kappa shape index (κ2) is 4.80. The van der Waals surface area contributed by atoms with Crippen LogP contribution in [0.3, 0.4) is 0 Å². The standard InChI is InChI=1S/C9H19NO2/c1-7(2)10-8-5-9(6-8)12-4-3-11/h7-11H,3-6H2,1-2H3/t8-,9+. The van der Waals surface area contributed by atoms with Gasteiger partial charge in [-0.2, -0.15) is 0 Å². The van der Waals surface area contributed by atoms with Crippen LogP contribution >= 0.6 is 0 Å². The number of hydrogen-bond donors (Lipinski definition) is 2. The third-order valence-corrected chi connectivity index (χ3v) is 2.11. The first-order valence-electron chi connectivity index (χ1n) is 4.71. The molecule has 0 radical (unpaired) electrons. The molecule has 0 aromatic heterocycles. The first kappa shape index (κ1) is 9.96. The Hall–Kier alpha value is -0.120. The fourth-order valence-electron chi connectivity index (χ4n) is 1.53. The van der Waals surface area contributed by atoms with E-state index < -0.39 is 0 Å². The molecule has 0 unspecified atom stereocenters. The molecule has 3 nitrogen and oxygen atoms in total. The van der Waals surface area contributed by atoms with Gasteiger partial charge >= 0.3 is 0 Å². The van der Waals surface area contributed by atoms with E-state index in [4.69, 9.17) is 9.84 Å². The van der Waals surface area contributed by atoms with Gasteiger partial charge in [-0.15, -0.1) is 0 Å². The van der Waals surface area contributed by atoms with Crippen molar-refractivity contribution in [3.63, 3.8) is 0 Å². The Kier molecular flexibility index (Phi) is 3.98. The summed E-state index contributed by atoms with van der Waals surface area (Å²) in [6.07, 6.45) is 2.57. The third kappa shape index (κ3) is 3.09. The second-order valence-corrected chi connectivity index (χ2v) is 3.71. The summed E-state index contributed by atoms with van der Waals surface area (Å²) in [5.41, 5.74) is 0. The third-order valence-electron chi connectivity index (χ3n) is 2.11. The monoisotopic (exact) mass is 173 g/mol. The maximum absolute atomic E-state index is 8.51. The summed E-state index contributed by atoms with van der Waals surface area (Å²) in [6, 6.07) is 1.20. The molecule has 0 saturated heterocycles. The predicted octanol–water partition coefficient (Wildman–Crippen LogP) is 0.524. The highest BCUT2D eigenvalue weighted by Crippen LogP contribution is 2.23. The van der Waals surface area contributed by atoms with E-state index >= 15 is 0 Å². The van der Waals surface area contributed by atoms with Gasteiger partial charge in [0.15, 0.2) is 0 Å². The Bertz CT molecular complexity index is 122. The summed E-state index contributed by atoms with van der Waals surface area (Å²) in [4.78, 5) is 0. The number of hydrogen-bond acceptors (Lipinski definition) is 3. The van der Waals surface area contributed by atoms with Crippen molar-refractivity contribution in [2.45, 2.75) is 44.9 Å². The van der Waals surface area contributed by atoms with Crippen LogP contribution in [-0.4, -0.2) is 36.5 Å². The van der Waals surface area contributed by atoms with E-state index in [0.717, 1.165) is 12.8 Å². The lowest BCUT2D eigenvalue weighted by Crippen LogP contribution is -2.48. The van der Waals surface area contributed by atoms with Crippen LogP contribution in [0.2, 0.25) is 0 Å². The summed E-state index contributed by atoms with van der Waals surface area (Å²) in [5.74, 6) is 0. The molecule has 3 heteroatoms. The van der Waals surface area contributed by atoms with Crippen molar-refractivity contribution in [2.75, 3.05) is 13.2 Å². The first-order valence-corrected chi connectivity index (χ1v) is 4.71. The molecule has 72 valence electrons. The van der Waals surface area contributed by atoms with Crippen LogP contribution in [0.5, 0.6) is 0 Å². The van der Waals surface area contributed by atoms with Crippen molar-refractivity contribution in [3.8, 4) is 0 Å². The molecule has 0 spiro atoms. The van der Waals surface area contributed by atoms with E-state index in [1.165, 1.54) is 0 Å². The van der Waals surface area contributed by atoms with E-state index in [9.17, 15) is 0 Å². The molecule has 1 rings (SSSR count). The molecule has 0 aromatic carbocycles. The Morgan fingerprint density at radius 2 is 2.17 bits per heavy atom. The average molecular weight is 173 g/mol. The van der Waals surface area contributed by atoms with Gasteiger partial charge in [-0.05, 0) is 12.8 Å². The van der Waals surface area contributed by atoms with Crippen LogP contribution in [0.25, 0.3) is 0 Å². The smallest absolute Gasteiger partial charge is 0.0701 e. The second-order valence-electron chi connectivity index (χ2n) is 3.71. The fraction of sp³-hybridized carbons (Fsp3) is 1.00. The van der Waals surface area contributed by atoms with Crippen LogP contribution < -0.4 is 5.32 Å². The van der Waals surface area contributed by atoms with E-state index in [2.05, 4.69) is 19.2 Å². The van der Waals surface area contributed by atoms with Gasteiger partial charge in [0.05, 0.1) is 19.3 Å². The maximum Gasteiger partial charge on any atom is 0.0701 e. The molecule has 0 heterocycles. The van der Waals surface area contributed by atoms with Gasteiger partial charge in [0.25, 0.3) is 0 Å². The van der Waals surface area contributed by atoms with Crippen LogP contribution in [-0.2, 0) is 4.74 Å². The first-order chi connectivity index (χ1) is 5.72. The zero-order valence-electron chi connectivity index (χ0n) is 7.92. The van der Waals surface area contributed by atoms with E-state index in [1.54, 1.807) is 0 Å². The summed E-state index contributed by atoms with van der Waals surface area (Å²) >= 11 is 0. The molecular formula is C9H19NO2. The van der Waals surface area contributed by atoms with Crippen molar-refractivity contribution in [1.29, 1.82) is 0 Å². The lowest BCUT2D eigenvalue weighted by molar-refractivity contribution is -0.0312. The molecular weight excluding hydrogens is 154 g/mol. The van der Waals surface area contributed by atoms with Crippen molar-refractivity contribution in [3.05, 3.63) is 0 Å². The topological polar surface area (TPSA) is 41.5 Å². The molecule has 0 bridgehead atoms. The molecule has 1 aliphatic rings. The molecule has 0 aliphatic heterocycles. The maximum atomic E-state index is 8.51. The van der Waals surface area contributed by atoms with Gasteiger partial charge in [0.1, 0.15) is 0 Å². The van der Waals surface area contributed by atoms with Crippen LogP contribution in [0.15, 0.2) is 0 Å². The minimum Gasteiger partial charge on any atom is -0.394 e. The minimum absolute atomic E-state index is 0.138. The number of aliphatic hydroxyl groups is 1. The zero-order chi connectivity index (χ0) is 8.97. The van der Waals surface area contributed by atoms with Crippen molar-refractivity contribution < 1.29 is 9.84 Å². The summed E-state index contributed by atoms with van der Waals surface area (Å²) < 4.78 is 5.35.